The molecular weight excluding hydrogens is 517 g/mol. The molecule has 1 fully saturated rings. The highest BCUT2D eigenvalue weighted by molar-refractivity contribution is 14.0. The second kappa shape index (κ2) is 13.1. The molecule has 1 aromatic rings. The summed E-state index contributed by atoms with van der Waals surface area (Å²) in [7, 11) is 0. The van der Waals surface area contributed by atoms with Crippen LogP contribution in [0.15, 0.2) is 33.7 Å². The molecule has 1 aliphatic heterocycles. The smallest absolute Gasteiger partial charge is 0.194 e. The molecule has 5 nitrogen and oxygen atoms in total. The van der Waals surface area contributed by atoms with Crippen LogP contribution in [-0.4, -0.2) is 66.4 Å². The Morgan fingerprint density at radius 3 is 3.00 bits per heavy atom. The first-order chi connectivity index (χ1) is 11.7. The summed E-state index contributed by atoms with van der Waals surface area (Å²) in [6, 6.07) is 7.90. The summed E-state index contributed by atoms with van der Waals surface area (Å²) in [5.41, 5.74) is 0. The van der Waals surface area contributed by atoms with Gasteiger partial charge in [-0.3, -0.25) is 4.99 Å². The van der Waals surface area contributed by atoms with Gasteiger partial charge in [0.05, 0.1) is 19.3 Å². The molecule has 1 aliphatic rings. The zero-order valence-corrected chi connectivity index (χ0v) is 19.2. The molecule has 0 aromatic heterocycles. The van der Waals surface area contributed by atoms with Gasteiger partial charge in [-0.1, -0.05) is 22.0 Å². The molecule has 0 spiro atoms. The van der Waals surface area contributed by atoms with Crippen molar-refractivity contribution in [1.82, 2.24) is 10.2 Å². The highest BCUT2D eigenvalue weighted by Gasteiger charge is 2.22. The monoisotopic (exact) mass is 543 g/mol. The van der Waals surface area contributed by atoms with E-state index in [1.807, 2.05) is 36.0 Å². The van der Waals surface area contributed by atoms with Gasteiger partial charge < -0.3 is 20.1 Å². The van der Waals surface area contributed by atoms with Crippen LogP contribution >= 0.6 is 51.7 Å². The molecule has 0 amide bonds. The van der Waals surface area contributed by atoms with Gasteiger partial charge in [-0.15, -0.1) is 24.0 Å². The van der Waals surface area contributed by atoms with E-state index >= 15 is 0 Å². The van der Waals surface area contributed by atoms with Crippen molar-refractivity contribution in [3.63, 3.8) is 0 Å². The third-order valence-corrected chi connectivity index (χ3v) is 5.01. The van der Waals surface area contributed by atoms with Gasteiger partial charge in [-0.25, -0.2) is 0 Å². The van der Waals surface area contributed by atoms with Crippen molar-refractivity contribution in [2.75, 3.05) is 44.3 Å². The van der Waals surface area contributed by atoms with Crippen LogP contribution in [0.5, 0.6) is 5.75 Å². The third kappa shape index (κ3) is 8.83. The molecule has 2 N–H and O–H groups in total. The number of likely N-dealkylation sites (tertiary alicyclic amines) is 1. The number of β-amino-alcohol motifs (C(OH)–C–C–N with tert-alkyl or cyclic N) is 1. The van der Waals surface area contributed by atoms with Gasteiger partial charge >= 0.3 is 0 Å². The molecule has 0 aliphatic carbocycles. The molecule has 25 heavy (non-hydrogen) atoms. The summed E-state index contributed by atoms with van der Waals surface area (Å²) in [4.78, 5) is 6.78. The Hall–Kier alpha value is -0.190. The van der Waals surface area contributed by atoms with Gasteiger partial charge in [0.25, 0.3) is 0 Å². The SMILES string of the molecule is CCNC(=NCCSCCOc1cccc(Br)c1)N1CC[C@@H](O)C1.I. The molecule has 0 bridgehead atoms. The number of hydrogen-bond acceptors (Lipinski definition) is 4. The van der Waals surface area contributed by atoms with Gasteiger partial charge in [0.1, 0.15) is 5.75 Å². The lowest BCUT2D eigenvalue weighted by atomic mass is 10.3. The maximum absolute atomic E-state index is 9.65. The lowest BCUT2D eigenvalue weighted by Gasteiger charge is -2.20. The van der Waals surface area contributed by atoms with Crippen LogP contribution in [0.3, 0.4) is 0 Å². The number of aliphatic hydroxyl groups excluding tert-OH is 1. The van der Waals surface area contributed by atoms with Crippen molar-refractivity contribution in [2.24, 2.45) is 4.99 Å². The van der Waals surface area contributed by atoms with Crippen molar-refractivity contribution in [3.05, 3.63) is 28.7 Å². The summed E-state index contributed by atoms with van der Waals surface area (Å²) in [6.07, 6.45) is 0.602. The highest BCUT2D eigenvalue weighted by Crippen LogP contribution is 2.18. The summed E-state index contributed by atoms with van der Waals surface area (Å²) in [5.74, 6) is 3.72. The lowest BCUT2D eigenvalue weighted by molar-refractivity contribution is 0.188. The van der Waals surface area contributed by atoms with Crippen molar-refractivity contribution < 1.29 is 9.84 Å². The Labute approximate surface area is 180 Å². The Bertz CT molecular complexity index is 536. The molecular formula is C17H27BrIN3O2S. The molecule has 2 rings (SSSR count). The zero-order chi connectivity index (χ0) is 17.2. The van der Waals surface area contributed by atoms with E-state index in [1.165, 1.54) is 0 Å². The Morgan fingerprint density at radius 2 is 2.32 bits per heavy atom. The average Bonchev–Trinajstić information content (AvgIpc) is 2.99. The van der Waals surface area contributed by atoms with Gasteiger partial charge in [0, 0.05) is 35.6 Å². The zero-order valence-electron chi connectivity index (χ0n) is 14.5. The van der Waals surface area contributed by atoms with E-state index in [0.717, 1.165) is 53.7 Å². The van der Waals surface area contributed by atoms with Gasteiger partial charge in [0.2, 0.25) is 0 Å². The van der Waals surface area contributed by atoms with Crippen LogP contribution in [0.1, 0.15) is 13.3 Å². The van der Waals surface area contributed by atoms with E-state index in [-0.39, 0.29) is 30.1 Å². The summed E-state index contributed by atoms with van der Waals surface area (Å²) < 4.78 is 6.74. The lowest BCUT2D eigenvalue weighted by Crippen LogP contribution is -2.40. The highest BCUT2D eigenvalue weighted by atomic mass is 127. The number of nitrogens with one attached hydrogen (secondary N) is 1. The minimum absolute atomic E-state index is 0. The number of guanidine groups is 1. The second-order valence-corrected chi connectivity index (χ2v) is 7.68. The average molecular weight is 544 g/mol. The molecule has 1 heterocycles. The number of aliphatic hydroxyl groups is 1. The maximum Gasteiger partial charge on any atom is 0.194 e. The number of hydrogen-bond donors (Lipinski definition) is 2. The van der Waals surface area contributed by atoms with E-state index in [1.54, 1.807) is 0 Å². The van der Waals surface area contributed by atoms with E-state index in [2.05, 4.69) is 38.1 Å². The summed E-state index contributed by atoms with van der Waals surface area (Å²) >= 11 is 5.28. The number of halogens is 2. The molecule has 0 unspecified atom stereocenters. The van der Waals surface area contributed by atoms with Crippen LogP contribution in [0, 0.1) is 0 Å². The number of thioether (sulfide) groups is 1. The first-order valence-electron chi connectivity index (χ1n) is 8.36. The van der Waals surface area contributed by atoms with E-state index in [9.17, 15) is 5.11 Å². The minimum atomic E-state index is -0.224. The fourth-order valence-corrected chi connectivity index (χ4v) is 3.46. The van der Waals surface area contributed by atoms with Crippen LogP contribution < -0.4 is 10.1 Å². The summed E-state index contributed by atoms with van der Waals surface area (Å²) in [6.45, 7) is 5.94. The number of rotatable bonds is 8. The standard InChI is InChI=1S/C17H26BrN3O2S.HI/c1-2-19-17(21-8-6-15(22)13-21)20-7-10-24-11-9-23-16-5-3-4-14(18)12-16;/h3-5,12,15,22H,2,6-11,13H2,1H3,(H,19,20);1H/t15-;/m1./s1. The predicted octanol–water partition coefficient (Wildman–Crippen LogP) is 3.21. The van der Waals surface area contributed by atoms with Crippen LogP contribution in [0.2, 0.25) is 0 Å². The molecule has 8 heteroatoms. The normalized spacial score (nSPS) is 17.3. The van der Waals surface area contributed by atoms with Crippen molar-refractivity contribution >= 4 is 57.6 Å². The molecule has 1 saturated heterocycles. The number of nitrogens with zero attached hydrogens (tertiary/aromatic N) is 2. The molecule has 1 aromatic carbocycles. The van der Waals surface area contributed by atoms with Gasteiger partial charge in [0.15, 0.2) is 5.96 Å². The number of benzene rings is 1. The molecule has 0 radical (unpaired) electrons. The second-order valence-electron chi connectivity index (χ2n) is 5.54. The quantitative estimate of drug-likeness (QED) is 0.228. The van der Waals surface area contributed by atoms with Gasteiger partial charge in [-0.05, 0) is 31.5 Å². The van der Waals surface area contributed by atoms with E-state index in [4.69, 9.17) is 4.74 Å². The first-order valence-corrected chi connectivity index (χ1v) is 10.3. The molecule has 142 valence electrons. The van der Waals surface area contributed by atoms with Crippen molar-refractivity contribution in [1.29, 1.82) is 0 Å². The Balaban J connectivity index is 0.00000312. The molecule has 0 saturated carbocycles. The van der Waals surface area contributed by atoms with Crippen molar-refractivity contribution in [3.8, 4) is 5.75 Å². The van der Waals surface area contributed by atoms with Gasteiger partial charge in [-0.2, -0.15) is 11.8 Å². The number of aliphatic imine (C=N–C) groups is 1. The predicted molar refractivity (Wildman–Crippen MR) is 121 cm³/mol. The third-order valence-electron chi connectivity index (χ3n) is 3.59. The summed E-state index contributed by atoms with van der Waals surface area (Å²) in [5, 5.41) is 13.0. The minimum Gasteiger partial charge on any atom is -0.493 e. The number of ether oxygens (including phenoxy) is 1. The Kier molecular flexibility index (Phi) is 11.9. The fraction of sp³-hybridized carbons (Fsp3) is 0.588. The van der Waals surface area contributed by atoms with Crippen LogP contribution in [0.25, 0.3) is 0 Å². The van der Waals surface area contributed by atoms with E-state index in [0.29, 0.717) is 13.2 Å². The largest absolute Gasteiger partial charge is 0.493 e. The van der Waals surface area contributed by atoms with Crippen LogP contribution in [-0.2, 0) is 0 Å². The van der Waals surface area contributed by atoms with Crippen molar-refractivity contribution in [2.45, 2.75) is 19.4 Å². The van der Waals surface area contributed by atoms with E-state index < -0.39 is 0 Å². The topological polar surface area (TPSA) is 57.1 Å². The Morgan fingerprint density at radius 1 is 1.48 bits per heavy atom. The molecule has 1 atom stereocenters. The van der Waals surface area contributed by atoms with Crippen LogP contribution in [0.4, 0.5) is 0 Å². The fourth-order valence-electron chi connectivity index (χ4n) is 2.45. The first kappa shape index (κ1) is 22.9. The maximum atomic E-state index is 9.65.